The van der Waals surface area contributed by atoms with Gasteiger partial charge in [0.2, 0.25) is 21.9 Å². The molecule has 1 aromatic heterocycles. The molecule has 0 saturated heterocycles. The van der Waals surface area contributed by atoms with Crippen LogP contribution in [0.2, 0.25) is 0 Å². The predicted octanol–water partition coefficient (Wildman–Crippen LogP) is 3.82. The van der Waals surface area contributed by atoms with Gasteiger partial charge in [0.25, 0.3) is 0 Å². The number of anilines is 5. The van der Waals surface area contributed by atoms with Crippen molar-refractivity contribution in [3.63, 3.8) is 0 Å². The Kier molecular flexibility index (Phi) is 5.91. The number of alkyl halides is 3. The number of carbonyl (C=O) groups is 1. The Morgan fingerprint density at radius 1 is 1.06 bits per heavy atom. The molecule has 4 rings (SSSR count). The smallest absolute Gasteiger partial charge is 0.340 e. The summed E-state index contributed by atoms with van der Waals surface area (Å²) in [4.78, 5) is 19.1. The van der Waals surface area contributed by atoms with E-state index in [9.17, 15) is 26.4 Å². The molecule has 0 aliphatic carbocycles. The highest BCUT2D eigenvalue weighted by molar-refractivity contribution is 7.89. The van der Waals surface area contributed by atoms with Crippen molar-refractivity contribution in [2.75, 3.05) is 16.0 Å². The summed E-state index contributed by atoms with van der Waals surface area (Å²) in [5, 5.41) is 13.3. The molecule has 2 aromatic carbocycles. The SMILES string of the molecule is Cc1ccc(Nc2ncc(C(F)(F)F)c(Nc3ccc4c(c3)CCC(=O)N4)n2)cc1S(N)(=O)=O. The minimum Gasteiger partial charge on any atom is -0.340 e. The van der Waals surface area contributed by atoms with E-state index in [0.717, 1.165) is 5.56 Å². The largest absolute Gasteiger partial charge is 0.421 e. The van der Waals surface area contributed by atoms with Gasteiger partial charge in [-0.15, -0.1) is 0 Å². The Morgan fingerprint density at radius 2 is 1.76 bits per heavy atom. The van der Waals surface area contributed by atoms with Crippen LogP contribution < -0.4 is 21.1 Å². The Bertz CT molecular complexity index is 1390. The number of nitrogens with two attached hydrogens (primary N) is 1. The molecule has 34 heavy (non-hydrogen) atoms. The fourth-order valence-corrected chi connectivity index (χ4v) is 4.26. The third-order valence-electron chi connectivity index (χ3n) is 5.11. The third kappa shape index (κ3) is 5.10. The maximum Gasteiger partial charge on any atom is 0.421 e. The van der Waals surface area contributed by atoms with Crippen LogP contribution in [0.1, 0.15) is 23.1 Å². The summed E-state index contributed by atoms with van der Waals surface area (Å²) in [6.45, 7) is 1.56. The molecule has 5 N–H and O–H groups in total. The number of halogens is 3. The van der Waals surface area contributed by atoms with Crippen molar-refractivity contribution in [3.05, 3.63) is 59.3 Å². The number of nitrogens with zero attached hydrogens (tertiary/aromatic N) is 2. The van der Waals surface area contributed by atoms with E-state index in [0.29, 0.717) is 29.6 Å². The highest BCUT2D eigenvalue weighted by atomic mass is 32.2. The molecular formula is C21H19F3N6O3S. The maximum atomic E-state index is 13.6. The average Bonchev–Trinajstić information content (AvgIpc) is 2.74. The molecule has 0 bridgehead atoms. The highest BCUT2D eigenvalue weighted by Gasteiger charge is 2.35. The number of nitrogens with one attached hydrogen (secondary N) is 3. The van der Waals surface area contributed by atoms with Crippen LogP contribution in [0.15, 0.2) is 47.5 Å². The lowest BCUT2D eigenvalue weighted by molar-refractivity contribution is -0.137. The van der Waals surface area contributed by atoms with Gasteiger partial charge in [0.1, 0.15) is 11.4 Å². The summed E-state index contributed by atoms with van der Waals surface area (Å²) < 4.78 is 64.3. The number of primary sulfonamides is 1. The molecule has 1 amide bonds. The van der Waals surface area contributed by atoms with E-state index in [1.807, 2.05) is 0 Å². The van der Waals surface area contributed by atoms with Crippen LogP contribution in [-0.2, 0) is 27.4 Å². The number of carbonyl (C=O) groups excluding carboxylic acids is 1. The van der Waals surface area contributed by atoms with Crippen molar-refractivity contribution < 1.29 is 26.4 Å². The quantitative estimate of drug-likeness (QED) is 0.425. The van der Waals surface area contributed by atoms with Gasteiger partial charge in [0, 0.05) is 29.7 Å². The van der Waals surface area contributed by atoms with Gasteiger partial charge >= 0.3 is 6.18 Å². The van der Waals surface area contributed by atoms with Gasteiger partial charge in [-0.05, 0) is 54.8 Å². The van der Waals surface area contributed by atoms with Gasteiger partial charge in [0.05, 0.1) is 4.90 Å². The zero-order valence-corrected chi connectivity index (χ0v) is 18.5. The average molecular weight is 492 g/mol. The van der Waals surface area contributed by atoms with E-state index < -0.39 is 27.6 Å². The van der Waals surface area contributed by atoms with Gasteiger partial charge in [-0.25, -0.2) is 18.5 Å². The van der Waals surface area contributed by atoms with Crippen molar-refractivity contribution in [1.29, 1.82) is 0 Å². The zero-order valence-electron chi connectivity index (χ0n) is 17.7. The second kappa shape index (κ2) is 8.57. The van der Waals surface area contributed by atoms with Crippen molar-refractivity contribution in [1.82, 2.24) is 9.97 Å². The van der Waals surface area contributed by atoms with E-state index >= 15 is 0 Å². The number of amides is 1. The second-order valence-electron chi connectivity index (χ2n) is 7.65. The van der Waals surface area contributed by atoms with Crippen LogP contribution in [0, 0.1) is 6.92 Å². The molecule has 0 fully saturated rings. The molecule has 0 atom stereocenters. The first kappa shape index (κ1) is 23.4. The van der Waals surface area contributed by atoms with E-state index in [1.165, 1.54) is 24.3 Å². The van der Waals surface area contributed by atoms with Crippen molar-refractivity contribution in [2.45, 2.75) is 30.8 Å². The van der Waals surface area contributed by atoms with Crippen LogP contribution in [0.25, 0.3) is 0 Å². The summed E-state index contributed by atoms with van der Waals surface area (Å²) >= 11 is 0. The monoisotopic (exact) mass is 492 g/mol. The van der Waals surface area contributed by atoms with Gasteiger partial charge in [-0.3, -0.25) is 4.79 Å². The first-order valence-electron chi connectivity index (χ1n) is 9.95. The van der Waals surface area contributed by atoms with Crippen LogP contribution in [0.3, 0.4) is 0 Å². The number of hydrogen-bond acceptors (Lipinski definition) is 7. The van der Waals surface area contributed by atoms with E-state index in [2.05, 4.69) is 25.9 Å². The summed E-state index contributed by atoms with van der Waals surface area (Å²) in [5.74, 6) is -0.811. The zero-order chi connectivity index (χ0) is 24.7. The fraction of sp³-hybridized carbons (Fsp3) is 0.190. The fourth-order valence-electron chi connectivity index (χ4n) is 3.46. The lowest BCUT2D eigenvalue weighted by Gasteiger charge is -2.19. The number of sulfonamides is 1. The van der Waals surface area contributed by atoms with Crippen molar-refractivity contribution >= 4 is 44.8 Å². The van der Waals surface area contributed by atoms with Gasteiger partial charge < -0.3 is 16.0 Å². The minimum atomic E-state index is -4.73. The first-order valence-corrected chi connectivity index (χ1v) is 11.5. The summed E-state index contributed by atoms with van der Waals surface area (Å²) in [6, 6.07) is 9.04. The molecule has 13 heteroatoms. The Labute approximate surface area is 192 Å². The summed E-state index contributed by atoms with van der Waals surface area (Å²) in [5.41, 5.74) is 1.28. The third-order valence-corrected chi connectivity index (χ3v) is 6.16. The molecule has 0 unspecified atom stereocenters. The van der Waals surface area contributed by atoms with E-state index in [-0.39, 0.29) is 28.9 Å². The maximum absolute atomic E-state index is 13.6. The molecule has 9 nitrogen and oxygen atoms in total. The molecule has 3 aromatic rings. The van der Waals surface area contributed by atoms with Gasteiger partial charge in [0.15, 0.2) is 0 Å². The number of aromatic nitrogens is 2. The van der Waals surface area contributed by atoms with E-state index in [4.69, 9.17) is 5.14 Å². The Morgan fingerprint density at radius 3 is 2.47 bits per heavy atom. The number of benzene rings is 2. The molecule has 0 radical (unpaired) electrons. The Balaban J connectivity index is 1.67. The summed E-state index contributed by atoms with van der Waals surface area (Å²) in [6.07, 6.45) is -3.36. The minimum absolute atomic E-state index is 0.124. The highest BCUT2D eigenvalue weighted by Crippen LogP contribution is 2.36. The second-order valence-corrected chi connectivity index (χ2v) is 9.18. The topological polar surface area (TPSA) is 139 Å². The number of hydrogen-bond donors (Lipinski definition) is 4. The van der Waals surface area contributed by atoms with Crippen molar-refractivity contribution in [3.8, 4) is 0 Å². The molecule has 1 aliphatic rings. The van der Waals surface area contributed by atoms with Crippen LogP contribution in [-0.4, -0.2) is 24.3 Å². The number of aryl methyl sites for hydroxylation is 2. The number of rotatable bonds is 5. The predicted molar refractivity (Wildman–Crippen MR) is 120 cm³/mol. The normalized spacial score (nSPS) is 13.7. The summed E-state index contributed by atoms with van der Waals surface area (Å²) in [7, 11) is -4.00. The lowest BCUT2D eigenvalue weighted by Crippen LogP contribution is -2.19. The van der Waals surface area contributed by atoms with Crippen molar-refractivity contribution in [2.24, 2.45) is 5.14 Å². The van der Waals surface area contributed by atoms with Gasteiger partial charge in [-0.1, -0.05) is 6.07 Å². The van der Waals surface area contributed by atoms with Crippen LogP contribution in [0.4, 0.5) is 42.0 Å². The molecular weight excluding hydrogens is 473 g/mol. The standard InChI is InChI=1S/C21H19F3N6O3S/c1-11-2-4-14(9-17(11)34(25,32)33)28-20-26-10-15(21(22,23)24)19(30-20)27-13-5-6-16-12(8-13)3-7-18(31)29-16/h2,4-6,8-10H,3,7H2,1H3,(H,29,31)(H2,25,32,33)(H2,26,27,28,30). The Hall–Kier alpha value is -3.71. The molecule has 0 saturated carbocycles. The van der Waals surface area contributed by atoms with Crippen LogP contribution >= 0.6 is 0 Å². The molecule has 1 aliphatic heterocycles. The van der Waals surface area contributed by atoms with Crippen LogP contribution in [0.5, 0.6) is 0 Å². The first-order chi connectivity index (χ1) is 15.9. The molecule has 2 heterocycles. The lowest BCUT2D eigenvalue weighted by atomic mass is 10.0. The molecule has 178 valence electrons. The van der Waals surface area contributed by atoms with Gasteiger partial charge in [-0.2, -0.15) is 18.2 Å². The molecule has 0 spiro atoms. The number of fused-ring (bicyclic) bond motifs is 1. The van der Waals surface area contributed by atoms with E-state index in [1.54, 1.807) is 19.1 Å².